The molecule has 0 bridgehead atoms. The number of amides is 2. The van der Waals surface area contributed by atoms with Gasteiger partial charge in [0.05, 0.1) is 17.5 Å². The van der Waals surface area contributed by atoms with Gasteiger partial charge in [0.15, 0.2) is 0 Å². The highest BCUT2D eigenvalue weighted by atomic mass is 79.9. The van der Waals surface area contributed by atoms with Gasteiger partial charge in [0.25, 0.3) is 0 Å². The van der Waals surface area contributed by atoms with E-state index in [9.17, 15) is 14.7 Å². The van der Waals surface area contributed by atoms with Crippen molar-refractivity contribution >= 4 is 62.0 Å². The number of benzene rings is 2. The van der Waals surface area contributed by atoms with E-state index in [-0.39, 0.29) is 5.57 Å². The molecule has 0 aliphatic heterocycles. The van der Waals surface area contributed by atoms with Crippen LogP contribution in [-0.2, 0) is 4.79 Å². The van der Waals surface area contributed by atoms with Gasteiger partial charge in [-0.1, -0.05) is 46.3 Å². The second kappa shape index (κ2) is 8.85. The van der Waals surface area contributed by atoms with Crippen molar-refractivity contribution < 1.29 is 14.7 Å². The fourth-order valence-corrected chi connectivity index (χ4v) is 3.34. The maximum Gasteiger partial charge on any atom is 0.336 e. The third-order valence-corrected chi connectivity index (χ3v) is 5.07. The monoisotopic (exact) mass is 476 g/mol. The van der Waals surface area contributed by atoms with Crippen LogP contribution in [0.2, 0.25) is 0 Å². The second-order valence-corrected chi connectivity index (χ2v) is 7.60. The highest BCUT2D eigenvalue weighted by molar-refractivity contribution is 9.10. The third kappa shape index (κ3) is 4.81. The van der Waals surface area contributed by atoms with Gasteiger partial charge in [-0.05, 0) is 42.0 Å². The van der Waals surface area contributed by atoms with Gasteiger partial charge in [-0.3, -0.25) is 0 Å². The lowest BCUT2D eigenvalue weighted by molar-refractivity contribution is -0.130. The van der Waals surface area contributed by atoms with Gasteiger partial charge in [0.2, 0.25) is 0 Å². The molecule has 7 nitrogen and oxygen atoms in total. The van der Waals surface area contributed by atoms with E-state index in [0.29, 0.717) is 33.5 Å². The third-order valence-electron chi connectivity index (χ3n) is 4.54. The van der Waals surface area contributed by atoms with E-state index < -0.39 is 12.0 Å². The Morgan fingerprint density at radius 2 is 1.71 bits per heavy atom. The van der Waals surface area contributed by atoms with Gasteiger partial charge in [-0.15, -0.1) is 0 Å². The van der Waals surface area contributed by atoms with Crippen molar-refractivity contribution in [2.75, 3.05) is 10.6 Å². The molecule has 2 aromatic heterocycles. The van der Waals surface area contributed by atoms with Crippen LogP contribution in [-0.4, -0.2) is 27.1 Å². The number of nitrogens with zero attached hydrogens (tertiary/aromatic N) is 1. The molecule has 2 amide bonds. The van der Waals surface area contributed by atoms with Crippen LogP contribution < -0.4 is 10.6 Å². The van der Waals surface area contributed by atoms with Crippen LogP contribution in [0.15, 0.2) is 77.5 Å². The van der Waals surface area contributed by atoms with E-state index >= 15 is 0 Å². The first-order chi connectivity index (χ1) is 15.0. The molecule has 0 aliphatic rings. The summed E-state index contributed by atoms with van der Waals surface area (Å²) < 4.78 is 0.914. The molecule has 0 radical (unpaired) electrons. The van der Waals surface area contributed by atoms with Crippen LogP contribution in [0.3, 0.4) is 0 Å². The van der Waals surface area contributed by atoms with Gasteiger partial charge >= 0.3 is 12.0 Å². The molecule has 31 heavy (non-hydrogen) atoms. The predicted molar refractivity (Wildman–Crippen MR) is 125 cm³/mol. The number of rotatable bonds is 5. The summed E-state index contributed by atoms with van der Waals surface area (Å²) in [6, 6.07) is 17.4. The summed E-state index contributed by atoms with van der Waals surface area (Å²) in [5.41, 5.74) is 3.12. The molecule has 2 aromatic carbocycles. The van der Waals surface area contributed by atoms with E-state index in [1.807, 2.05) is 18.2 Å². The van der Waals surface area contributed by atoms with Crippen LogP contribution in [0.25, 0.3) is 22.7 Å². The van der Waals surface area contributed by atoms with Gasteiger partial charge in [0.1, 0.15) is 5.65 Å². The summed E-state index contributed by atoms with van der Waals surface area (Å²) in [5, 5.41) is 15.9. The van der Waals surface area contributed by atoms with Crippen molar-refractivity contribution in [3.8, 4) is 0 Å². The SMILES string of the molecule is O=C(Nc1ccc(Br)cc1)Nc1cnc2[nH]cc(/C=C(/C(=O)O)c3ccccc3)c2c1. The zero-order valence-electron chi connectivity index (χ0n) is 16.1. The van der Waals surface area contributed by atoms with Crippen molar-refractivity contribution in [2.24, 2.45) is 0 Å². The number of carbonyl (C=O) groups is 2. The Hall–Kier alpha value is -3.91. The Balaban J connectivity index is 1.60. The van der Waals surface area contributed by atoms with E-state index in [0.717, 1.165) is 4.47 Å². The van der Waals surface area contributed by atoms with Crippen LogP contribution in [0.5, 0.6) is 0 Å². The number of nitrogens with one attached hydrogen (secondary N) is 3. The van der Waals surface area contributed by atoms with Crippen LogP contribution in [0.1, 0.15) is 11.1 Å². The van der Waals surface area contributed by atoms with Crippen molar-refractivity contribution in [3.63, 3.8) is 0 Å². The van der Waals surface area contributed by atoms with Crippen molar-refractivity contribution in [1.82, 2.24) is 9.97 Å². The van der Waals surface area contributed by atoms with Gasteiger partial charge in [0, 0.05) is 27.3 Å². The molecule has 0 aliphatic carbocycles. The first kappa shape index (κ1) is 20.4. The average Bonchev–Trinajstić information content (AvgIpc) is 3.16. The molecule has 2 heterocycles. The topological polar surface area (TPSA) is 107 Å². The maximum atomic E-state index is 12.3. The number of carboxylic acid groups (broad SMARTS) is 1. The molecule has 8 heteroatoms. The Morgan fingerprint density at radius 3 is 2.42 bits per heavy atom. The summed E-state index contributed by atoms with van der Waals surface area (Å²) in [5.74, 6) is -1.03. The van der Waals surface area contributed by atoms with Gasteiger partial charge in [-0.25, -0.2) is 14.6 Å². The van der Waals surface area contributed by atoms with Crippen molar-refractivity contribution in [1.29, 1.82) is 0 Å². The van der Waals surface area contributed by atoms with Crippen molar-refractivity contribution in [2.45, 2.75) is 0 Å². The number of pyridine rings is 1. The first-order valence-corrected chi connectivity index (χ1v) is 10.1. The predicted octanol–water partition coefficient (Wildman–Crippen LogP) is 5.59. The smallest absolute Gasteiger partial charge is 0.336 e. The Bertz CT molecular complexity index is 1280. The Kier molecular flexibility index (Phi) is 5.81. The fraction of sp³-hybridized carbons (Fsp3) is 0. The molecule has 0 spiro atoms. The van der Waals surface area contributed by atoms with E-state index in [1.54, 1.807) is 54.7 Å². The summed E-state index contributed by atoms with van der Waals surface area (Å²) in [6.45, 7) is 0. The lowest BCUT2D eigenvalue weighted by Crippen LogP contribution is -2.19. The molecule has 154 valence electrons. The zero-order chi connectivity index (χ0) is 21.8. The van der Waals surface area contributed by atoms with E-state index in [2.05, 4.69) is 36.5 Å². The minimum Gasteiger partial charge on any atom is -0.478 e. The average molecular weight is 477 g/mol. The zero-order valence-corrected chi connectivity index (χ0v) is 17.7. The number of halogens is 1. The first-order valence-electron chi connectivity index (χ1n) is 9.31. The molecule has 0 atom stereocenters. The van der Waals surface area contributed by atoms with Crippen LogP contribution >= 0.6 is 15.9 Å². The van der Waals surface area contributed by atoms with E-state index in [4.69, 9.17) is 0 Å². The van der Waals surface area contributed by atoms with Crippen LogP contribution in [0.4, 0.5) is 16.2 Å². The summed E-state index contributed by atoms with van der Waals surface area (Å²) in [6.07, 6.45) is 4.81. The number of fused-ring (bicyclic) bond motifs is 1. The number of urea groups is 1. The largest absolute Gasteiger partial charge is 0.478 e. The van der Waals surface area contributed by atoms with E-state index in [1.165, 1.54) is 6.20 Å². The maximum absolute atomic E-state index is 12.3. The molecular formula is C23H17BrN4O3. The molecule has 4 rings (SSSR count). The minimum absolute atomic E-state index is 0.160. The molecule has 0 unspecified atom stereocenters. The number of aromatic amines is 1. The number of hydrogen-bond donors (Lipinski definition) is 4. The van der Waals surface area contributed by atoms with Gasteiger partial charge < -0.3 is 20.7 Å². The van der Waals surface area contributed by atoms with Crippen molar-refractivity contribution in [3.05, 3.63) is 88.7 Å². The molecule has 0 saturated carbocycles. The molecular weight excluding hydrogens is 460 g/mol. The number of H-pyrrole nitrogens is 1. The summed E-state index contributed by atoms with van der Waals surface area (Å²) in [4.78, 5) is 31.5. The number of aliphatic carboxylic acids is 1. The van der Waals surface area contributed by atoms with Crippen LogP contribution in [0, 0.1) is 0 Å². The highest BCUT2D eigenvalue weighted by Crippen LogP contribution is 2.25. The normalized spacial score (nSPS) is 11.3. The Morgan fingerprint density at radius 1 is 1.00 bits per heavy atom. The lowest BCUT2D eigenvalue weighted by Gasteiger charge is -2.08. The highest BCUT2D eigenvalue weighted by Gasteiger charge is 2.13. The Labute approximate surface area is 186 Å². The number of carboxylic acids is 1. The number of carbonyl (C=O) groups excluding carboxylic acids is 1. The number of aromatic nitrogens is 2. The lowest BCUT2D eigenvalue weighted by atomic mass is 10.0. The fourth-order valence-electron chi connectivity index (χ4n) is 3.08. The standard InChI is InChI=1S/C23H17BrN4O3/c24-16-6-8-17(9-7-16)27-23(31)28-18-11-19-15(12-25-21(19)26-13-18)10-20(22(29)30)14-4-2-1-3-5-14/h1-13H,(H,25,26)(H,29,30)(H2,27,28,31)/b20-10+. The number of hydrogen-bond acceptors (Lipinski definition) is 3. The molecule has 4 aromatic rings. The molecule has 4 N–H and O–H groups in total. The second-order valence-electron chi connectivity index (χ2n) is 6.68. The summed E-state index contributed by atoms with van der Waals surface area (Å²) >= 11 is 3.35. The summed E-state index contributed by atoms with van der Waals surface area (Å²) in [7, 11) is 0. The molecule has 0 saturated heterocycles. The molecule has 0 fully saturated rings. The van der Waals surface area contributed by atoms with Gasteiger partial charge in [-0.2, -0.15) is 0 Å². The number of anilines is 2. The minimum atomic E-state index is -1.03. The quantitative estimate of drug-likeness (QED) is 0.281.